The van der Waals surface area contributed by atoms with Crippen molar-refractivity contribution in [1.82, 2.24) is 0 Å². The molecule has 0 aromatic heterocycles. The van der Waals surface area contributed by atoms with Crippen LogP contribution >= 0.6 is 0 Å². The van der Waals surface area contributed by atoms with E-state index in [9.17, 15) is 14.4 Å². The summed E-state index contributed by atoms with van der Waals surface area (Å²) in [6, 6.07) is 0. The van der Waals surface area contributed by atoms with Crippen LogP contribution in [0.25, 0.3) is 0 Å². The van der Waals surface area contributed by atoms with Gasteiger partial charge in [0.05, 0.1) is 7.11 Å². The molecule has 1 heterocycles. The molecule has 6 nitrogen and oxygen atoms in total. The van der Waals surface area contributed by atoms with E-state index in [1.807, 2.05) is 0 Å². The van der Waals surface area contributed by atoms with E-state index in [1.165, 1.54) is 21.0 Å². The second-order valence-corrected chi connectivity index (χ2v) is 3.91. The highest BCUT2D eigenvalue weighted by atomic mass is 16.7. The molecule has 0 atom stereocenters. The number of carbonyl (C=O) groups excluding carboxylic acids is 3. The number of methoxy groups -OCH3 is 1. The number of hydrogen-bond donors (Lipinski definition) is 0. The lowest BCUT2D eigenvalue weighted by Crippen LogP contribution is -2.46. The first-order valence-electron chi connectivity index (χ1n) is 4.88. The Bertz CT molecular complexity index is 299. The van der Waals surface area contributed by atoms with Crippen molar-refractivity contribution in [3.05, 3.63) is 0 Å². The first-order chi connectivity index (χ1) is 7.35. The third-order valence-corrected chi connectivity index (χ3v) is 2.13. The van der Waals surface area contributed by atoms with E-state index in [0.29, 0.717) is 0 Å². The molecule has 0 aliphatic carbocycles. The monoisotopic (exact) mass is 230 g/mol. The Morgan fingerprint density at radius 2 is 1.81 bits per heavy atom. The van der Waals surface area contributed by atoms with Gasteiger partial charge in [0.2, 0.25) is 0 Å². The van der Waals surface area contributed by atoms with E-state index >= 15 is 0 Å². The molecular formula is C10H14O6. The first kappa shape index (κ1) is 12.5. The van der Waals surface area contributed by atoms with Crippen molar-refractivity contribution in [3.8, 4) is 0 Å². The van der Waals surface area contributed by atoms with Crippen LogP contribution in [0.15, 0.2) is 0 Å². The number of cyclic esters (lactones) is 2. The predicted octanol–water partition coefficient (Wildman–Crippen LogP) is 0.392. The van der Waals surface area contributed by atoms with Crippen LogP contribution in [-0.2, 0) is 28.6 Å². The minimum absolute atomic E-state index is 0.0220. The molecule has 1 rings (SSSR count). The second-order valence-electron chi connectivity index (χ2n) is 3.91. The molecule has 0 aromatic rings. The molecular weight excluding hydrogens is 216 g/mol. The summed E-state index contributed by atoms with van der Waals surface area (Å²) < 4.78 is 14.2. The van der Waals surface area contributed by atoms with Crippen LogP contribution in [0.3, 0.4) is 0 Å². The Labute approximate surface area is 92.8 Å². The fourth-order valence-electron chi connectivity index (χ4n) is 1.34. The minimum Gasteiger partial charge on any atom is -0.469 e. The molecule has 0 spiro atoms. The van der Waals surface area contributed by atoms with Crippen molar-refractivity contribution < 1.29 is 28.6 Å². The van der Waals surface area contributed by atoms with Gasteiger partial charge >= 0.3 is 17.9 Å². The smallest absolute Gasteiger partial charge is 0.323 e. The van der Waals surface area contributed by atoms with E-state index in [4.69, 9.17) is 9.47 Å². The van der Waals surface area contributed by atoms with Crippen molar-refractivity contribution >= 4 is 17.9 Å². The number of rotatable bonds is 3. The minimum atomic E-state index is -1.23. The molecule has 0 unspecified atom stereocenters. The third kappa shape index (κ3) is 2.95. The van der Waals surface area contributed by atoms with Crippen LogP contribution < -0.4 is 0 Å². The van der Waals surface area contributed by atoms with Gasteiger partial charge in [-0.15, -0.1) is 0 Å². The Balaban J connectivity index is 2.58. The summed E-state index contributed by atoms with van der Waals surface area (Å²) in [6.45, 7) is 2.94. The van der Waals surface area contributed by atoms with Crippen molar-refractivity contribution in [2.45, 2.75) is 32.5 Å². The SMILES string of the molecule is COC(=O)CCC1C(=O)OC(C)(C)OC1=O. The molecule has 0 bridgehead atoms. The topological polar surface area (TPSA) is 78.9 Å². The van der Waals surface area contributed by atoms with E-state index in [1.54, 1.807) is 0 Å². The molecule has 6 heteroatoms. The Morgan fingerprint density at radius 3 is 2.25 bits per heavy atom. The van der Waals surface area contributed by atoms with Gasteiger partial charge < -0.3 is 14.2 Å². The summed E-state index contributed by atoms with van der Waals surface area (Å²) in [6.07, 6.45) is 0.0201. The zero-order valence-electron chi connectivity index (χ0n) is 9.44. The van der Waals surface area contributed by atoms with E-state index in [-0.39, 0.29) is 12.8 Å². The third-order valence-electron chi connectivity index (χ3n) is 2.13. The lowest BCUT2D eigenvalue weighted by molar-refractivity contribution is -0.240. The average Bonchev–Trinajstić information content (AvgIpc) is 2.14. The zero-order valence-corrected chi connectivity index (χ0v) is 9.44. The van der Waals surface area contributed by atoms with Crippen LogP contribution in [0.1, 0.15) is 26.7 Å². The van der Waals surface area contributed by atoms with Crippen LogP contribution in [-0.4, -0.2) is 30.8 Å². The Kier molecular flexibility index (Phi) is 3.51. The number of hydrogen-bond acceptors (Lipinski definition) is 6. The molecule has 0 N–H and O–H groups in total. The Morgan fingerprint density at radius 1 is 1.31 bits per heavy atom. The van der Waals surface area contributed by atoms with Gasteiger partial charge in [0.25, 0.3) is 5.79 Å². The van der Waals surface area contributed by atoms with Gasteiger partial charge in [0.1, 0.15) is 0 Å². The molecule has 1 aliphatic heterocycles. The highest BCUT2D eigenvalue weighted by Gasteiger charge is 2.43. The molecule has 0 saturated carbocycles. The van der Waals surface area contributed by atoms with Crippen molar-refractivity contribution in [2.75, 3.05) is 7.11 Å². The van der Waals surface area contributed by atoms with Gasteiger partial charge in [-0.25, -0.2) is 0 Å². The average molecular weight is 230 g/mol. The zero-order chi connectivity index (χ0) is 12.3. The molecule has 90 valence electrons. The van der Waals surface area contributed by atoms with Crippen LogP contribution in [0.2, 0.25) is 0 Å². The van der Waals surface area contributed by atoms with Crippen LogP contribution in [0, 0.1) is 5.92 Å². The maximum Gasteiger partial charge on any atom is 0.323 e. The summed E-state index contributed by atoms with van der Waals surface area (Å²) in [5.41, 5.74) is 0. The van der Waals surface area contributed by atoms with Gasteiger partial charge in [0, 0.05) is 20.3 Å². The van der Waals surface area contributed by atoms with Crippen molar-refractivity contribution in [1.29, 1.82) is 0 Å². The number of esters is 3. The molecule has 16 heavy (non-hydrogen) atoms. The van der Waals surface area contributed by atoms with Gasteiger partial charge in [-0.2, -0.15) is 0 Å². The largest absolute Gasteiger partial charge is 0.469 e. The predicted molar refractivity (Wildman–Crippen MR) is 51.0 cm³/mol. The number of ether oxygens (including phenoxy) is 3. The van der Waals surface area contributed by atoms with E-state index in [2.05, 4.69) is 4.74 Å². The highest BCUT2D eigenvalue weighted by molar-refractivity contribution is 5.96. The van der Waals surface area contributed by atoms with Crippen molar-refractivity contribution in [3.63, 3.8) is 0 Å². The molecule has 1 fully saturated rings. The van der Waals surface area contributed by atoms with E-state index in [0.717, 1.165) is 0 Å². The molecule has 1 aliphatic rings. The summed E-state index contributed by atoms with van der Waals surface area (Å²) >= 11 is 0. The fourth-order valence-corrected chi connectivity index (χ4v) is 1.34. The molecule has 0 amide bonds. The van der Waals surface area contributed by atoms with Gasteiger partial charge in [-0.05, 0) is 6.42 Å². The second kappa shape index (κ2) is 4.51. The summed E-state index contributed by atoms with van der Waals surface area (Å²) in [5.74, 6) is -4.07. The van der Waals surface area contributed by atoms with E-state index < -0.39 is 29.6 Å². The van der Waals surface area contributed by atoms with Crippen molar-refractivity contribution in [2.24, 2.45) is 5.92 Å². The molecule has 1 saturated heterocycles. The van der Waals surface area contributed by atoms with Gasteiger partial charge in [-0.1, -0.05) is 0 Å². The molecule has 0 aromatic carbocycles. The maximum atomic E-state index is 11.4. The lowest BCUT2D eigenvalue weighted by Gasteiger charge is -2.32. The normalized spacial score (nSPS) is 19.9. The Hall–Kier alpha value is -1.59. The quantitative estimate of drug-likeness (QED) is 0.515. The van der Waals surface area contributed by atoms with Crippen LogP contribution in [0.4, 0.5) is 0 Å². The maximum absolute atomic E-state index is 11.4. The lowest BCUT2D eigenvalue weighted by atomic mass is 10.0. The highest BCUT2D eigenvalue weighted by Crippen LogP contribution is 2.25. The first-order valence-corrected chi connectivity index (χ1v) is 4.88. The summed E-state index contributed by atoms with van der Waals surface area (Å²) in [4.78, 5) is 33.8. The number of carbonyl (C=O) groups is 3. The summed E-state index contributed by atoms with van der Waals surface area (Å²) in [5, 5.41) is 0. The van der Waals surface area contributed by atoms with Gasteiger partial charge in [0.15, 0.2) is 5.92 Å². The van der Waals surface area contributed by atoms with Crippen LogP contribution in [0.5, 0.6) is 0 Å². The summed E-state index contributed by atoms with van der Waals surface area (Å²) in [7, 11) is 1.24. The fraction of sp³-hybridized carbons (Fsp3) is 0.700. The van der Waals surface area contributed by atoms with Gasteiger partial charge in [-0.3, -0.25) is 14.4 Å². The standard InChI is InChI=1S/C10H14O6/c1-10(2)15-8(12)6(9(13)16-10)4-5-7(11)14-3/h6H,4-5H2,1-3H3. The molecule has 0 radical (unpaired) electrons.